The van der Waals surface area contributed by atoms with Crippen molar-refractivity contribution >= 4 is 32.6 Å². The minimum Gasteiger partial charge on any atom is -0.494 e. The van der Waals surface area contributed by atoms with Crippen LogP contribution in [-0.2, 0) is 0 Å². The zero-order valence-electron chi connectivity index (χ0n) is 20.0. The molecule has 3 aromatic rings. The molecule has 0 fully saturated rings. The molecule has 0 radical (unpaired) electrons. The molecule has 0 unspecified atom stereocenters. The molecule has 1 heterocycles. The van der Waals surface area contributed by atoms with Crippen molar-refractivity contribution in [2.75, 3.05) is 37.7 Å². The summed E-state index contributed by atoms with van der Waals surface area (Å²) >= 11 is 1.59. The zero-order valence-corrected chi connectivity index (χ0v) is 20.8. The van der Waals surface area contributed by atoms with Gasteiger partial charge in [-0.05, 0) is 68.8 Å². The first-order chi connectivity index (χ1) is 15.5. The van der Waals surface area contributed by atoms with E-state index < -0.39 is 0 Å². The van der Waals surface area contributed by atoms with Crippen molar-refractivity contribution in [1.82, 2.24) is 9.88 Å². The number of carbonyl (C=O) groups excluding carboxylic acids is 1. The van der Waals surface area contributed by atoms with Crippen LogP contribution in [0.3, 0.4) is 0 Å². The van der Waals surface area contributed by atoms with E-state index >= 15 is 0 Å². The molecular weight excluding hydrogens is 418 g/mol. The predicted octanol–water partition coefficient (Wildman–Crippen LogP) is 6.08. The van der Waals surface area contributed by atoms with Gasteiger partial charge >= 0.3 is 0 Å². The summed E-state index contributed by atoms with van der Waals surface area (Å²) in [4.78, 5) is 22.7. The number of fused-ring (bicyclic) bond motifs is 1. The number of benzene rings is 2. The number of aryl methyl sites for hydroxylation is 2. The van der Waals surface area contributed by atoms with Crippen LogP contribution >= 0.6 is 11.3 Å². The van der Waals surface area contributed by atoms with Gasteiger partial charge in [-0.25, -0.2) is 4.98 Å². The minimum atomic E-state index is -0.0356. The molecule has 0 bridgehead atoms. The van der Waals surface area contributed by atoms with Gasteiger partial charge in [0.1, 0.15) is 5.75 Å². The quantitative estimate of drug-likeness (QED) is 0.330. The molecule has 0 aliphatic heterocycles. The Morgan fingerprint density at radius 2 is 1.84 bits per heavy atom. The first-order valence-corrected chi connectivity index (χ1v) is 12.4. The molecule has 1 aromatic heterocycles. The van der Waals surface area contributed by atoms with E-state index in [0.29, 0.717) is 18.7 Å². The van der Waals surface area contributed by atoms with Crippen molar-refractivity contribution in [3.05, 3.63) is 53.1 Å². The van der Waals surface area contributed by atoms with Crippen molar-refractivity contribution in [1.29, 1.82) is 0 Å². The molecule has 0 aliphatic carbocycles. The van der Waals surface area contributed by atoms with Crippen molar-refractivity contribution in [2.45, 2.75) is 47.5 Å². The molecule has 6 heteroatoms. The highest BCUT2D eigenvalue weighted by Gasteiger charge is 2.23. The molecule has 5 nitrogen and oxygen atoms in total. The van der Waals surface area contributed by atoms with Crippen LogP contribution in [0.4, 0.5) is 5.13 Å². The highest BCUT2D eigenvalue weighted by atomic mass is 32.1. The van der Waals surface area contributed by atoms with Crippen LogP contribution in [0, 0.1) is 13.8 Å². The normalized spacial score (nSPS) is 11.3. The van der Waals surface area contributed by atoms with E-state index in [9.17, 15) is 4.79 Å². The van der Waals surface area contributed by atoms with Crippen LogP contribution in [-0.4, -0.2) is 48.6 Å². The zero-order chi connectivity index (χ0) is 23.1. The molecule has 0 saturated heterocycles. The second-order valence-electron chi connectivity index (χ2n) is 8.14. The van der Waals surface area contributed by atoms with Crippen LogP contribution in [0.5, 0.6) is 5.75 Å². The first kappa shape index (κ1) is 24.2. The average molecular weight is 454 g/mol. The minimum absolute atomic E-state index is 0.0356. The fourth-order valence-electron chi connectivity index (χ4n) is 3.75. The van der Waals surface area contributed by atoms with Gasteiger partial charge in [0.2, 0.25) is 0 Å². The van der Waals surface area contributed by atoms with Gasteiger partial charge in [-0.15, -0.1) is 0 Å². The molecule has 0 saturated carbocycles. The molecule has 3 rings (SSSR count). The number of rotatable bonds is 11. The fraction of sp³-hybridized carbons (Fsp3) is 0.462. The maximum Gasteiger partial charge on any atom is 0.260 e. The summed E-state index contributed by atoms with van der Waals surface area (Å²) in [5, 5.41) is 0.753. The number of thiazole rings is 1. The number of amides is 1. The lowest BCUT2D eigenvalue weighted by Gasteiger charge is -2.25. The van der Waals surface area contributed by atoms with Gasteiger partial charge in [0.15, 0.2) is 5.13 Å². The summed E-state index contributed by atoms with van der Waals surface area (Å²) in [6.07, 6.45) is 2.08. The number of unbranched alkanes of at least 4 members (excludes halogenated alkanes) is 1. The molecule has 0 spiro atoms. The monoisotopic (exact) mass is 453 g/mol. The second kappa shape index (κ2) is 11.4. The summed E-state index contributed by atoms with van der Waals surface area (Å²) < 4.78 is 6.96. The maximum absolute atomic E-state index is 13.7. The van der Waals surface area contributed by atoms with Crippen LogP contribution in [0.25, 0.3) is 10.2 Å². The number of ether oxygens (including phenoxy) is 1. The van der Waals surface area contributed by atoms with Gasteiger partial charge in [-0.2, -0.15) is 0 Å². The lowest BCUT2D eigenvalue weighted by molar-refractivity contribution is 0.0983. The summed E-state index contributed by atoms with van der Waals surface area (Å²) in [5.41, 5.74) is 3.96. The Hall–Kier alpha value is -2.44. The third-order valence-corrected chi connectivity index (χ3v) is 6.70. The number of carbonyl (C=O) groups is 1. The Morgan fingerprint density at radius 3 is 2.56 bits per heavy atom. The van der Waals surface area contributed by atoms with E-state index in [-0.39, 0.29) is 5.91 Å². The van der Waals surface area contributed by atoms with Gasteiger partial charge in [0.25, 0.3) is 5.91 Å². The van der Waals surface area contributed by atoms with Crippen LogP contribution in [0.1, 0.15) is 55.1 Å². The standard InChI is InChI=1S/C26H35N3O2S/c1-6-9-15-31-22-12-10-11-21(18-22)25(30)29(14-13-28(7-2)8-3)26-27-24-20(5)16-19(4)17-23(24)32-26/h10-12,16-18H,6-9,13-15H2,1-5H3. The number of anilines is 1. The van der Waals surface area contributed by atoms with E-state index in [1.807, 2.05) is 29.2 Å². The molecule has 0 N–H and O–H groups in total. The number of hydrogen-bond donors (Lipinski definition) is 0. The predicted molar refractivity (Wildman–Crippen MR) is 135 cm³/mol. The largest absolute Gasteiger partial charge is 0.494 e. The van der Waals surface area contributed by atoms with Gasteiger partial charge in [-0.3, -0.25) is 9.69 Å². The lowest BCUT2D eigenvalue weighted by Crippen LogP contribution is -2.38. The topological polar surface area (TPSA) is 45.7 Å². The Bertz CT molecular complexity index is 1040. The number of aromatic nitrogens is 1. The van der Waals surface area contributed by atoms with Crippen LogP contribution < -0.4 is 9.64 Å². The molecule has 172 valence electrons. The number of hydrogen-bond acceptors (Lipinski definition) is 5. The van der Waals surface area contributed by atoms with E-state index in [0.717, 1.165) is 59.1 Å². The lowest BCUT2D eigenvalue weighted by atomic mass is 10.1. The molecular formula is C26H35N3O2S. The summed E-state index contributed by atoms with van der Waals surface area (Å²) in [7, 11) is 0. The molecule has 32 heavy (non-hydrogen) atoms. The third-order valence-electron chi connectivity index (χ3n) is 5.68. The van der Waals surface area contributed by atoms with Gasteiger partial charge < -0.3 is 9.64 Å². The SMILES string of the molecule is CCCCOc1cccc(C(=O)N(CCN(CC)CC)c2nc3c(C)cc(C)cc3s2)c1. The summed E-state index contributed by atoms with van der Waals surface area (Å²) in [5.74, 6) is 0.704. The fourth-order valence-corrected chi connectivity index (χ4v) is 4.91. The first-order valence-electron chi connectivity index (χ1n) is 11.6. The van der Waals surface area contributed by atoms with Crippen molar-refractivity contribution < 1.29 is 9.53 Å². The highest BCUT2D eigenvalue weighted by Crippen LogP contribution is 2.32. The van der Waals surface area contributed by atoms with Gasteiger partial charge in [-0.1, -0.05) is 50.7 Å². The Kier molecular flexibility index (Phi) is 8.65. The highest BCUT2D eigenvalue weighted by molar-refractivity contribution is 7.22. The summed E-state index contributed by atoms with van der Waals surface area (Å²) in [6.45, 7) is 14.6. The van der Waals surface area contributed by atoms with E-state index in [4.69, 9.17) is 9.72 Å². The van der Waals surface area contributed by atoms with Gasteiger partial charge in [0.05, 0.1) is 16.8 Å². The van der Waals surface area contributed by atoms with Gasteiger partial charge in [0, 0.05) is 18.7 Å². The number of nitrogens with zero attached hydrogens (tertiary/aromatic N) is 3. The Morgan fingerprint density at radius 1 is 1.06 bits per heavy atom. The molecule has 1 amide bonds. The van der Waals surface area contributed by atoms with E-state index in [1.165, 1.54) is 5.56 Å². The maximum atomic E-state index is 13.7. The van der Waals surface area contributed by atoms with E-state index in [2.05, 4.69) is 51.7 Å². The average Bonchev–Trinajstić information content (AvgIpc) is 3.21. The van der Waals surface area contributed by atoms with Crippen LogP contribution in [0.2, 0.25) is 0 Å². The van der Waals surface area contributed by atoms with Crippen molar-refractivity contribution in [3.63, 3.8) is 0 Å². The Balaban J connectivity index is 1.93. The smallest absolute Gasteiger partial charge is 0.260 e. The molecule has 0 atom stereocenters. The van der Waals surface area contributed by atoms with Crippen LogP contribution in [0.15, 0.2) is 36.4 Å². The molecule has 0 aliphatic rings. The number of likely N-dealkylation sites (N-methyl/N-ethyl adjacent to an activating group) is 1. The van der Waals surface area contributed by atoms with Crippen molar-refractivity contribution in [3.8, 4) is 5.75 Å². The van der Waals surface area contributed by atoms with Crippen molar-refractivity contribution in [2.24, 2.45) is 0 Å². The summed E-state index contributed by atoms with van der Waals surface area (Å²) in [6, 6.07) is 11.8. The Labute approximate surface area is 196 Å². The molecule has 2 aromatic carbocycles. The third kappa shape index (κ3) is 5.87. The van der Waals surface area contributed by atoms with E-state index in [1.54, 1.807) is 11.3 Å². The second-order valence-corrected chi connectivity index (χ2v) is 9.15.